The fraction of sp³-hybridized carbons (Fsp3) is 0.0714. The summed E-state index contributed by atoms with van der Waals surface area (Å²) in [5, 5.41) is 9.04. The SMILES string of the molecule is O=C(CN1C(=O)c2cccc3cccc1c23)N/N=C\c1ccc(OCC(=O)Nc2cccc(Cl)c2)cc1. The van der Waals surface area contributed by atoms with Crippen molar-refractivity contribution in [2.24, 2.45) is 5.10 Å². The summed E-state index contributed by atoms with van der Waals surface area (Å²) in [7, 11) is 0. The van der Waals surface area contributed by atoms with Gasteiger partial charge < -0.3 is 10.1 Å². The summed E-state index contributed by atoms with van der Waals surface area (Å²) in [6, 6.07) is 24.9. The van der Waals surface area contributed by atoms with Crippen LogP contribution in [0, 0.1) is 0 Å². The minimum absolute atomic E-state index is 0.145. The van der Waals surface area contributed by atoms with Gasteiger partial charge in [-0.25, -0.2) is 5.43 Å². The lowest BCUT2D eigenvalue weighted by molar-refractivity contribution is -0.120. The van der Waals surface area contributed by atoms with Gasteiger partial charge in [-0.3, -0.25) is 19.3 Å². The highest BCUT2D eigenvalue weighted by atomic mass is 35.5. The van der Waals surface area contributed by atoms with Crippen LogP contribution in [-0.2, 0) is 9.59 Å². The Labute approximate surface area is 217 Å². The molecule has 4 aromatic carbocycles. The van der Waals surface area contributed by atoms with Crippen molar-refractivity contribution >= 4 is 57.7 Å². The number of nitrogens with one attached hydrogen (secondary N) is 2. The number of carbonyl (C=O) groups excluding carboxylic acids is 3. The first-order chi connectivity index (χ1) is 18.0. The smallest absolute Gasteiger partial charge is 0.262 e. The Morgan fingerprint density at radius 3 is 2.49 bits per heavy atom. The maximum absolute atomic E-state index is 12.8. The molecule has 184 valence electrons. The van der Waals surface area contributed by atoms with E-state index in [0.29, 0.717) is 33.3 Å². The highest BCUT2D eigenvalue weighted by Gasteiger charge is 2.30. The van der Waals surface area contributed by atoms with Crippen LogP contribution < -0.4 is 20.4 Å². The topological polar surface area (TPSA) is 100 Å². The van der Waals surface area contributed by atoms with Gasteiger partial charge in [-0.1, -0.05) is 41.9 Å². The highest BCUT2D eigenvalue weighted by molar-refractivity contribution is 6.31. The summed E-state index contributed by atoms with van der Waals surface area (Å²) >= 11 is 5.91. The Bertz CT molecular complexity index is 1530. The molecule has 0 aliphatic carbocycles. The molecule has 2 N–H and O–H groups in total. The molecule has 1 aliphatic heterocycles. The summed E-state index contributed by atoms with van der Waals surface area (Å²) in [6.07, 6.45) is 1.48. The van der Waals surface area contributed by atoms with Crippen LogP contribution in [0.2, 0.25) is 5.02 Å². The molecular weight excluding hydrogens is 492 g/mol. The summed E-state index contributed by atoms with van der Waals surface area (Å²) in [6.45, 7) is -0.309. The van der Waals surface area contributed by atoms with Crippen LogP contribution in [0.1, 0.15) is 15.9 Å². The van der Waals surface area contributed by atoms with E-state index in [-0.39, 0.29) is 25.0 Å². The van der Waals surface area contributed by atoms with Gasteiger partial charge in [0.2, 0.25) is 0 Å². The van der Waals surface area contributed by atoms with Gasteiger partial charge in [0.15, 0.2) is 6.61 Å². The van der Waals surface area contributed by atoms with Gasteiger partial charge in [-0.2, -0.15) is 5.10 Å². The predicted molar refractivity (Wildman–Crippen MR) is 143 cm³/mol. The first-order valence-electron chi connectivity index (χ1n) is 11.4. The van der Waals surface area contributed by atoms with Gasteiger partial charge >= 0.3 is 0 Å². The standard InChI is InChI=1S/C28H21ClN4O4/c29-20-6-3-7-21(14-20)31-26(35)17-37-22-12-10-18(11-13-22)15-30-32-25(34)16-33-24-9-2-5-19-4-1-8-23(27(19)24)28(33)36/h1-15H,16-17H2,(H,31,35)(H,32,34)/b30-15-. The summed E-state index contributed by atoms with van der Waals surface area (Å²) in [4.78, 5) is 38.8. The van der Waals surface area contributed by atoms with Crippen molar-refractivity contribution in [2.75, 3.05) is 23.4 Å². The number of anilines is 2. The fourth-order valence-electron chi connectivity index (χ4n) is 4.06. The Hall–Kier alpha value is -4.69. The van der Waals surface area contributed by atoms with Gasteiger partial charge in [0.1, 0.15) is 12.3 Å². The molecule has 1 aliphatic rings. The van der Waals surface area contributed by atoms with E-state index >= 15 is 0 Å². The van der Waals surface area contributed by atoms with Crippen molar-refractivity contribution in [3.05, 3.63) is 101 Å². The second kappa shape index (κ2) is 10.5. The zero-order valence-corrected chi connectivity index (χ0v) is 20.2. The van der Waals surface area contributed by atoms with Gasteiger partial charge in [-0.15, -0.1) is 0 Å². The fourth-order valence-corrected chi connectivity index (χ4v) is 4.25. The third-order valence-corrected chi connectivity index (χ3v) is 5.95. The first kappa shape index (κ1) is 24.0. The van der Waals surface area contributed by atoms with E-state index in [0.717, 1.165) is 10.8 Å². The molecule has 0 atom stereocenters. The number of carbonyl (C=O) groups is 3. The number of hydrogen-bond acceptors (Lipinski definition) is 5. The molecular formula is C28H21ClN4O4. The van der Waals surface area contributed by atoms with E-state index in [1.807, 2.05) is 30.3 Å². The van der Waals surface area contributed by atoms with E-state index in [1.165, 1.54) is 11.1 Å². The van der Waals surface area contributed by atoms with Crippen molar-refractivity contribution in [3.8, 4) is 5.75 Å². The largest absolute Gasteiger partial charge is 0.484 e. The van der Waals surface area contributed by atoms with E-state index < -0.39 is 5.91 Å². The van der Waals surface area contributed by atoms with Crippen LogP contribution in [0.3, 0.4) is 0 Å². The zero-order chi connectivity index (χ0) is 25.8. The minimum Gasteiger partial charge on any atom is -0.484 e. The lowest BCUT2D eigenvalue weighted by atomic mass is 10.1. The quantitative estimate of drug-likeness (QED) is 0.266. The third-order valence-electron chi connectivity index (χ3n) is 5.71. The lowest BCUT2D eigenvalue weighted by Gasteiger charge is -2.16. The van der Waals surface area contributed by atoms with Crippen LogP contribution in [0.4, 0.5) is 11.4 Å². The monoisotopic (exact) mass is 512 g/mol. The van der Waals surface area contributed by atoms with E-state index in [1.54, 1.807) is 54.6 Å². The van der Waals surface area contributed by atoms with Gasteiger partial charge in [-0.05, 0) is 65.5 Å². The van der Waals surface area contributed by atoms with E-state index in [2.05, 4.69) is 15.8 Å². The number of hydrazone groups is 1. The lowest BCUT2D eigenvalue weighted by Crippen LogP contribution is -2.37. The molecule has 0 saturated heterocycles. The van der Waals surface area contributed by atoms with E-state index in [9.17, 15) is 14.4 Å². The van der Waals surface area contributed by atoms with Crippen molar-refractivity contribution < 1.29 is 19.1 Å². The number of rotatable bonds is 8. The normalized spacial score (nSPS) is 12.2. The minimum atomic E-state index is -0.417. The number of hydrogen-bond donors (Lipinski definition) is 2. The average Bonchev–Trinajstić information content (AvgIpc) is 3.16. The average molecular weight is 513 g/mol. The van der Waals surface area contributed by atoms with E-state index in [4.69, 9.17) is 16.3 Å². The van der Waals surface area contributed by atoms with Gasteiger partial charge in [0.05, 0.1) is 11.9 Å². The number of benzene rings is 4. The molecule has 1 heterocycles. The van der Waals surface area contributed by atoms with Crippen LogP contribution in [0.25, 0.3) is 10.8 Å². The molecule has 0 saturated carbocycles. The van der Waals surface area contributed by atoms with Crippen LogP contribution in [0.15, 0.2) is 90.0 Å². The second-order valence-electron chi connectivity index (χ2n) is 8.28. The number of nitrogens with zero attached hydrogens (tertiary/aromatic N) is 2. The zero-order valence-electron chi connectivity index (χ0n) is 19.5. The van der Waals surface area contributed by atoms with Crippen molar-refractivity contribution in [1.29, 1.82) is 0 Å². The second-order valence-corrected chi connectivity index (χ2v) is 8.72. The molecule has 5 rings (SSSR count). The van der Waals surface area contributed by atoms with Crippen molar-refractivity contribution in [1.82, 2.24) is 5.43 Å². The Morgan fingerprint density at radius 1 is 0.946 bits per heavy atom. The van der Waals surface area contributed by atoms with Crippen molar-refractivity contribution in [2.45, 2.75) is 0 Å². The molecule has 0 spiro atoms. The third kappa shape index (κ3) is 5.44. The van der Waals surface area contributed by atoms with Crippen LogP contribution in [0.5, 0.6) is 5.75 Å². The highest BCUT2D eigenvalue weighted by Crippen LogP contribution is 2.36. The molecule has 9 heteroatoms. The molecule has 3 amide bonds. The maximum atomic E-state index is 12.8. The molecule has 0 aromatic heterocycles. The van der Waals surface area contributed by atoms with Crippen molar-refractivity contribution in [3.63, 3.8) is 0 Å². The Morgan fingerprint density at radius 2 is 1.70 bits per heavy atom. The number of halogens is 1. The number of ether oxygens (including phenoxy) is 1. The van der Waals surface area contributed by atoms with Gasteiger partial charge in [0, 0.05) is 21.7 Å². The van der Waals surface area contributed by atoms with Crippen LogP contribution in [-0.4, -0.2) is 37.1 Å². The Kier molecular flexibility index (Phi) is 6.83. The molecule has 8 nitrogen and oxygen atoms in total. The number of amides is 3. The molecule has 0 fully saturated rings. The molecule has 37 heavy (non-hydrogen) atoms. The summed E-state index contributed by atoms with van der Waals surface area (Å²) in [5.41, 5.74) is 5.07. The molecule has 4 aromatic rings. The summed E-state index contributed by atoms with van der Waals surface area (Å²) in [5.74, 6) is -0.432. The van der Waals surface area contributed by atoms with Crippen LogP contribution >= 0.6 is 11.6 Å². The van der Waals surface area contributed by atoms with Gasteiger partial charge in [0.25, 0.3) is 17.7 Å². The maximum Gasteiger partial charge on any atom is 0.262 e. The predicted octanol–water partition coefficient (Wildman–Crippen LogP) is 4.62. The molecule has 0 unspecified atom stereocenters. The first-order valence-corrected chi connectivity index (χ1v) is 11.8. The Balaban J connectivity index is 1.11. The summed E-state index contributed by atoms with van der Waals surface area (Å²) < 4.78 is 5.51. The molecule has 0 radical (unpaired) electrons. The molecule has 0 bridgehead atoms.